The summed E-state index contributed by atoms with van der Waals surface area (Å²) in [7, 11) is -3.58. The standard InChI is InChI=1S/C13H20BrN3O3S/c1-2-15-8-9-16-13(18)6-7-17-21(19,20)12-5-3-4-11(14)10-12/h3-5,10,15,17H,2,6-9H2,1H3,(H,16,18). The number of nitrogens with one attached hydrogen (secondary N) is 3. The monoisotopic (exact) mass is 377 g/mol. The summed E-state index contributed by atoms with van der Waals surface area (Å²) in [5.41, 5.74) is 0. The van der Waals surface area contributed by atoms with Crippen molar-refractivity contribution in [3.63, 3.8) is 0 Å². The lowest BCUT2D eigenvalue weighted by atomic mass is 10.4. The Hall–Kier alpha value is -0.960. The smallest absolute Gasteiger partial charge is 0.240 e. The minimum atomic E-state index is -3.58. The third-order valence-electron chi connectivity index (χ3n) is 2.62. The molecule has 1 aromatic carbocycles. The van der Waals surface area contributed by atoms with Crippen LogP contribution in [0.2, 0.25) is 0 Å². The topological polar surface area (TPSA) is 87.3 Å². The quantitative estimate of drug-likeness (QED) is 0.556. The summed E-state index contributed by atoms with van der Waals surface area (Å²) in [5, 5.41) is 5.79. The van der Waals surface area contributed by atoms with E-state index in [0.29, 0.717) is 17.6 Å². The summed E-state index contributed by atoms with van der Waals surface area (Å²) in [6.45, 7) is 4.14. The van der Waals surface area contributed by atoms with E-state index in [1.807, 2.05) is 6.92 Å². The number of rotatable bonds is 9. The average Bonchev–Trinajstić information content (AvgIpc) is 2.43. The van der Waals surface area contributed by atoms with Gasteiger partial charge in [-0.3, -0.25) is 4.79 Å². The summed E-state index contributed by atoms with van der Waals surface area (Å²) in [4.78, 5) is 11.7. The highest BCUT2D eigenvalue weighted by Crippen LogP contribution is 2.15. The van der Waals surface area contributed by atoms with Crippen LogP contribution in [0.1, 0.15) is 13.3 Å². The van der Waals surface area contributed by atoms with E-state index >= 15 is 0 Å². The Balaban J connectivity index is 2.36. The number of benzene rings is 1. The molecule has 118 valence electrons. The molecule has 6 nitrogen and oxygen atoms in total. The molecule has 0 spiro atoms. The first-order chi connectivity index (χ1) is 9.95. The number of carbonyl (C=O) groups is 1. The minimum absolute atomic E-state index is 0.0713. The number of halogens is 1. The molecule has 1 amide bonds. The first kappa shape index (κ1) is 18.1. The first-order valence-corrected chi connectivity index (χ1v) is 8.96. The van der Waals surface area contributed by atoms with Crippen LogP contribution in [0.4, 0.5) is 0 Å². The minimum Gasteiger partial charge on any atom is -0.355 e. The molecule has 0 aromatic heterocycles. The van der Waals surface area contributed by atoms with Crippen LogP contribution in [0.15, 0.2) is 33.6 Å². The Labute approximate surface area is 133 Å². The zero-order valence-electron chi connectivity index (χ0n) is 11.9. The molecule has 0 atom stereocenters. The van der Waals surface area contributed by atoms with Crippen molar-refractivity contribution in [3.8, 4) is 0 Å². The van der Waals surface area contributed by atoms with E-state index in [1.165, 1.54) is 12.1 Å². The molecule has 3 N–H and O–H groups in total. The largest absolute Gasteiger partial charge is 0.355 e. The Morgan fingerprint density at radius 2 is 2.00 bits per heavy atom. The van der Waals surface area contributed by atoms with Crippen LogP contribution in [0.5, 0.6) is 0 Å². The molecular weight excluding hydrogens is 358 g/mol. The molecule has 0 radical (unpaired) electrons. The highest BCUT2D eigenvalue weighted by atomic mass is 79.9. The lowest BCUT2D eigenvalue weighted by Gasteiger charge is -2.08. The summed E-state index contributed by atoms with van der Waals surface area (Å²) >= 11 is 3.22. The fourth-order valence-electron chi connectivity index (χ4n) is 1.57. The van der Waals surface area contributed by atoms with E-state index in [4.69, 9.17) is 0 Å². The van der Waals surface area contributed by atoms with Gasteiger partial charge < -0.3 is 10.6 Å². The van der Waals surface area contributed by atoms with Gasteiger partial charge >= 0.3 is 0 Å². The van der Waals surface area contributed by atoms with Gasteiger partial charge in [-0.2, -0.15) is 0 Å². The SMILES string of the molecule is CCNCCNC(=O)CCNS(=O)(=O)c1cccc(Br)c1. The van der Waals surface area contributed by atoms with Gasteiger partial charge in [0.1, 0.15) is 0 Å². The van der Waals surface area contributed by atoms with Crippen LogP contribution >= 0.6 is 15.9 Å². The van der Waals surface area contributed by atoms with Crippen molar-refractivity contribution in [2.75, 3.05) is 26.2 Å². The predicted octanol–water partition coefficient (Wildman–Crippen LogP) is 0.843. The zero-order chi connectivity index (χ0) is 15.7. The maximum absolute atomic E-state index is 12.0. The molecule has 0 unspecified atom stereocenters. The lowest BCUT2D eigenvalue weighted by Crippen LogP contribution is -2.34. The van der Waals surface area contributed by atoms with Gasteiger partial charge in [0.2, 0.25) is 15.9 Å². The van der Waals surface area contributed by atoms with Gasteiger partial charge in [-0.15, -0.1) is 0 Å². The molecule has 1 aromatic rings. The maximum atomic E-state index is 12.0. The van der Waals surface area contributed by atoms with Gasteiger partial charge in [-0.1, -0.05) is 28.9 Å². The summed E-state index contributed by atoms with van der Waals surface area (Å²) < 4.78 is 27.1. The van der Waals surface area contributed by atoms with Crippen LogP contribution in [0.25, 0.3) is 0 Å². The van der Waals surface area contributed by atoms with Crippen molar-refractivity contribution < 1.29 is 13.2 Å². The van der Waals surface area contributed by atoms with Crippen LogP contribution in [0, 0.1) is 0 Å². The second-order valence-electron chi connectivity index (χ2n) is 4.31. The molecular formula is C13H20BrN3O3S. The number of hydrogen-bond donors (Lipinski definition) is 3. The van der Waals surface area contributed by atoms with Gasteiger partial charge in [0.25, 0.3) is 0 Å². The van der Waals surface area contributed by atoms with Crippen molar-refractivity contribution in [2.24, 2.45) is 0 Å². The summed E-state index contributed by atoms with van der Waals surface area (Å²) in [5.74, 6) is -0.176. The molecule has 0 saturated heterocycles. The van der Waals surface area contributed by atoms with Crippen molar-refractivity contribution in [1.82, 2.24) is 15.4 Å². The Kier molecular flexibility index (Phi) is 7.87. The molecule has 0 bridgehead atoms. The molecule has 1 rings (SSSR count). The van der Waals surface area contributed by atoms with E-state index in [9.17, 15) is 13.2 Å². The molecule has 0 saturated carbocycles. The van der Waals surface area contributed by atoms with Crippen LogP contribution in [-0.2, 0) is 14.8 Å². The van der Waals surface area contributed by atoms with Crippen LogP contribution in [0.3, 0.4) is 0 Å². The molecule has 8 heteroatoms. The third-order valence-corrected chi connectivity index (χ3v) is 4.58. The Morgan fingerprint density at radius 1 is 1.24 bits per heavy atom. The number of amides is 1. The molecule has 0 aliphatic carbocycles. The van der Waals surface area contributed by atoms with Gasteiger partial charge in [0.05, 0.1) is 4.90 Å². The lowest BCUT2D eigenvalue weighted by molar-refractivity contribution is -0.120. The van der Waals surface area contributed by atoms with Crippen molar-refractivity contribution in [3.05, 3.63) is 28.7 Å². The van der Waals surface area contributed by atoms with Gasteiger partial charge in [-0.25, -0.2) is 13.1 Å². The highest BCUT2D eigenvalue weighted by Gasteiger charge is 2.14. The normalized spacial score (nSPS) is 11.3. The Morgan fingerprint density at radius 3 is 2.67 bits per heavy atom. The number of hydrogen-bond acceptors (Lipinski definition) is 4. The zero-order valence-corrected chi connectivity index (χ0v) is 14.3. The second-order valence-corrected chi connectivity index (χ2v) is 6.99. The van der Waals surface area contributed by atoms with Gasteiger partial charge in [0.15, 0.2) is 0 Å². The van der Waals surface area contributed by atoms with E-state index in [0.717, 1.165) is 6.54 Å². The van der Waals surface area contributed by atoms with Crippen LogP contribution < -0.4 is 15.4 Å². The Bertz CT molecular complexity index is 564. The fourth-order valence-corrected chi connectivity index (χ4v) is 3.20. The van der Waals surface area contributed by atoms with E-state index in [1.54, 1.807) is 12.1 Å². The molecule has 21 heavy (non-hydrogen) atoms. The molecule has 0 aliphatic heterocycles. The molecule has 0 aliphatic rings. The summed E-state index contributed by atoms with van der Waals surface area (Å²) in [6, 6.07) is 6.41. The van der Waals surface area contributed by atoms with Crippen molar-refractivity contribution in [2.45, 2.75) is 18.2 Å². The number of sulfonamides is 1. The molecule has 0 fully saturated rings. The second kappa shape index (κ2) is 9.14. The summed E-state index contributed by atoms with van der Waals surface area (Å²) in [6.07, 6.45) is 0.110. The van der Waals surface area contributed by atoms with Crippen molar-refractivity contribution in [1.29, 1.82) is 0 Å². The number of carbonyl (C=O) groups excluding carboxylic acids is 1. The van der Waals surface area contributed by atoms with Crippen molar-refractivity contribution >= 4 is 31.9 Å². The van der Waals surface area contributed by atoms with E-state index in [-0.39, 0.29) is 23.8 Å². The van der Waals surface area contributed by atoms with E-state index in [2.05, 4.69) is 31.3 Å². The van der Waals surface area contributed by atoms with Gasteiger partial charge in [0, 0.05) is 30.5 Å². The highest BCUT2D eigenvalue weighted by molar-refractivity contribution is 9.10. The van der Waals surface area contributed by atoms with Gasteiger partial charge in [-0.05, 0) is 24.7 Å². The average molecular weight is 378 g/mol. The predicted molar refractivity (Wildman–Crippen MR) is 85.5 cm³/mol. The number of likely N-dealkylation sites (N-methyl/N-ethyl adjacent to an activating group) is 1. The van der Waals surface area contributed by atoms with Crippen LogP contribution in [-0.4, -0.2) is 40.5 Å². The third kappa shape index (κ3) is 7.03. The maximum Gasteiger partial charge on any atom is 0.240 e. The van der Waals surface area contributed by atoms with E-state index < -0.39 is 10.0 Å². The fraction of sp³-hybridized carbons (Fsp3) is 0.462. The first-order valence-electron chi connectivity index (χ1n) is 6.68. The molecule has 0 heterocycles.